The van der Waals surface area contributed by atoms with E-state index in [-0.39, 0.29) is 0 Å². The van der Waals surface area contributed by atoms with Crippen LogP contribution in [0, 0.1) is 0 Å². The standard InChI is InChI=1S/C18H33N7O/c1-2-19-18(20-8-6-9-24-11-13-26-14-12-24)21-15-17-23-22-16-7-4-3-5-10-25(16)17/h2-15H2,1H3,(H2,19,20,21). The number of fused-ring (bicyclic) bond motifs is 1. The van der Waals surface area contributed by atoms with Crippen LogP contribution in [-0.4, -0.2) is 71.6 Å². The van der Waals surface area contributed by atoms with Crippen LogP contribution in [0.2, 0.25) is 0 Å². The maximum Gasteiger partial charge on any atom is 0.191 e. The summed E-state index contributed by atoms with van der Waals surface area (Å²) in [5, 5.41) is 15.5. The van der Waals surface area contributed by atoms with Gasteiger partial charge in [0.1, 0.15) is 12.4 Å². The van der Waals surface area contributed by atoms with Crippen LogP contribution >= 0.6 is 0 Å². The van der Waals surface area contributed by atoms with Gasteiger partial charge in [0, 0.05) is 39.1 Å². The number of rotatable bonds is 7. The second-order valence-corrected chi connectivity index (χ2v) is 6.92. The smallest absolute Gasteiger partial charge is 0.191 e. The largest absolute Gasteiger partial charge is 0.379 e. The van der Waals surface area contributed by atoms with Crippen molar-refractivity contribution in [3.8, 4) is 0 Å². The Morgan fingerprint density at radius 3 is 2.85 bits per heavy atom. The quantitative estimate of drug-likeness (QED) is 0.423. The number of aliphatic imine (C=N–C) groups is 1. The molecule has 8 heteroatoms. The lowest BCUT2D eigenvalue weighted by Gasteiger charge is -2.26. The molecule has 2 N–H and O–H groups in total. The number of hydrogen-bond acceptors (Lipinski definition) is 5. The van der Waals surface area contributed by atoms with Crippen LogP contribution < -0.4 is 10.6 Å². The summed E-state index contributed by atoms with van der Waals surface area (Å²) in [6.07, 6.45) is 5.84. The normalized spacial score (nSPS) is 19.0. The maximum absolute atomic E-state index is 5.39. The van der Waals surface area contributed by atoms with E-state index < -0.39 is 0 Å². The van der Waals surface area contributed by atoms with E-state index in [4.69, 9.17) is 9.73 Å². The lowest BCUT2D eigenvalue weighted by atomic mass is 10.2. The number of morpholine rings is 1. The summed E-state index contributed by atoms with van der Waals surface area (Å²) >= 11 is 0. The number of hydrogen-bond donors (Lipinski definition) is 2. The van der Waals surface area contributed by atoms with Crippen molar-refractivity contribution in [3.63, 3.8) is 0 Å². The second kappa shape index (κ2) is 10.5. The predicted molar refractivity (Wildman–Crippen MR) is 102 cm³/mol. The van der Waals surface area contributed by atoms with Gasteiger partial charge in [-0.1, -0.05) is 6.42 Å². The van der Waals surface area contributed by atoms with Gasteiger partial charge in [0.25, 0.3) is 0 Å². The fraction of sp³-hybridized carbons (Fsp3) is 0.833. The number of aromatic nitrogens is 3. The van der Waals surface area contributed by atoms with Gasteiger partial charge in [0.2, 0.25) is 0 Å². The summed E-state index contributed by atoms with van der Waals surface area (Å²) in [7, 11) is 0. The molecule has 2 aliphatic heterocycles. The number of guanidine groups is 1. The molecule has 1 saturated heterocycles. The molecule has 0 saturated carbocycles. The average Bonchev–Trinajstić information content (AvgIpc) is 2.90. The highest BCUT2D eigenvalue weighted by Gasteiger charge is 2.14. The maximum atomic E-state index is 5.39. The molecule has 0 unspecified atom stereocenters. The summed E-state index contributed by atoms with van der Waals surface area (Å²) in [6.45, 7) is 10.4. The summed E-state index contributed by atoms with van der Waals surface area (Å²) < 4.78 is 7.65. The van der Waals surface area contributed by atoms with Gasteiger partial charge < -0.3 is 19.9 Å². The Morgan fingerprint density at radius 2 is 2.00 bits per heavy atom. The second-order valence-electron chi connectivity index (χ2n) is 6.92. The third kappa shape index (κ3) is 5.67. The van der Waals surface area contributed by atoms with Crippen molar-refractivity contribution in [2.45, 2.75) is 52.1 Å². The number of nitrogens with zero attached hydrogens (tertiary/aromatic N) is 5. The topological polar surface area (TPSA) is 79.6 Å². The van der Waals surface area contributed by atoms with Gasteiger partial charge in [0.05, 0.1) is 13.2 Å². The van der Waals surface area contributed by atoms with E-state index in [2.05, 4.69) is 37.2 Å². The van der Waals surface area contributed by atoms with Gasteiger partial charge in [-0.15, -0.1) is 10.2 Å². The molecule has 0 aromatic carbocycles. The van der Waals surface area contributed by atoms with E-state index in [1.54, 1.807) is 0 Å². The Labute approximate surface area is 156 Å². The summed E-state index contributed by atoms with van der Waals surface area (Å²) in [4.78, 5) is 7.18. The lowest BCUT2D eigenvalue weighted by Crippen LogP contribution is -2.40. The highest BCUT2D eigenvalue weighted by atomic mass is 16.5. The molecule has 26 heavy (non-hydrogen) atoms. The van der Waals surface area contributed by atoms with Gasteiger partial charge in [-0.05, 0) is 32.7 Å². The molecule has 8 nitrogen and oxygen atoms in total. The van der Waals surface area contributed by atoms with Gasteiger partial charge >= 0.3 is 0 Å². The van der Waals surface area contributed by atoms with Crippen molar-refractivity contribution in [2.24, 2.45) is 4.99 Å². The molecule has 1 fully saturated rings. The van der Waals surface area contributed by atoms with E-state index in [9.17, 15) is 0 Å². The van der Waals surface area contributed by atoms with Crippen LogP contribution in [-0.2, 0) is 24.2 Å². The molecular formula is C18H33N7O. The zero-order valence-corrected chi connectivity index (χ0v) is 16.0. The van der Waals surface area contributed by atoms with Gasteiger partial charge in [0.15, 0.2) is 11.8 Å². The van der Waals surface area contributed by atoms with Gasteiger partial charge in [-0.2, -0.15) is 0 Å². The third-order valence-electron chi connectivity index (χ3n) is 4.96. The molecular weight excluding hydrogens is 330 g/mol. The molecule has 2 aliphatic rings. The van der Waals surface area contributed by atoms with Crippen molar-refractivity contribution in [3.05, 3.63) is 11.6 Å². The monoisotopic (exact) mass is 363 g/mol. The van der Waals surface area contributed by atoms with E-state index in [0.717, 1.165) is 82.9 Å². The number of ether oxygens (including phenoxy) is 1. The predicted octanol–water partition coefficient (Wildman–Crippen LogP) is 0.782. The Kier molecular flexibility index (Phi) is 7.69. The molecule has 0 atom stereocenters. The lowest BCUT2D eigenvalue weighted by molar-refractivity contribution is 0.0376. The minimum absolute atomic E-state index is 0.575. The van der Waals surface area contributed by atoms with Gasteiger partial charge in [-0.25, -0.2) is 4.99 Å². The first-order chi connectivity index (χ1) is 12.9. The van der Waals surface area contributed by atoms with Crippen molar-refractivity contribution in [2.75, 3.05) is 45.9 Å². The van der Waals surface area contributed by atoms with Crippen LogP contribution in [0.15, 0.2) is 4.99 Å². The summed E-state index contributed by atoms with van der Waals surface area (Å²) in [5.74, 6) is 2.96. The molecule has 0 spiro atoms. The first-order valence-corrected chi connectivity index (χ1v) is 10.1. The van der Waals surface area contributed by atoms with Crippen LogP contribution in [0.1, 0.15) is 44.3 Å². The Hall–Kier alpha value is -1.67. The minimum atomic E-state index is 0.575. The highest BCUT2D eigenvalue weighted by molar-refractivity contribution is 5.79. The third-order valence-corrected chi connectivity index (χ3v) is 4.96. The molecule has 3 rings (SSSR count). The van der Waals surface area contributed by atoms with Crippen molar-refractivity contribution in [1.82, 2.24) is 30.3 Å². The summed E-state index contributed by atoms with van der Waals surface area (Å²) in [5.41, 5.74) is 0. The minimum Gasteiger partial charge on any atom is -0.379 e. The number of nitrogens with one attached hydrogen (secondary N) is 2. The molecule has 0 amide bonds. The molecule has 1 aromatic heterocycles. The van der Waals surface area contributed by atoms with E-state index in [1.807, 2.05) is 0 Å². The zero-order chi connectivity index (χ0) is 18.0. The number of aryl methyl sites for hydroxylation is 1. The fourth-order valence-corrected chi connectivity index (χ4v) is 3.49. The van der Waals surface area contributed by atoms with Crippen LogP contribution in [0.25, 0.3) is 0 Å². The van der Waals surface area contributed by atoms with Gasteiger partial charge in [-0.3, -0.25) is 4.90 Å². The van der Waals surface area contributed by atoms with Crippen molar-refractivity contribution in [1.29, 1.82) is 0 Å². The SMILES string of the molecule is CCNC(=NCc1nnc2n1CCCCC2)NCCCN1CCOCC1. The van der Waals surface area contributed by atoms with Crippen molar-refractivity contribution < 1.29 is 4.74 Å². The first-order valence-electron chi connectivity index (χ1n) is 10.1. The first kappa shape index (κ1) is 19.1. The molecule has 0 radical (unpaired) electrons. The van der Waals surface area contributed by atoms with Crippen LogP contribution in [0.3, 0.4) is 0 Å². The molecule has 3 heterocycles. The Bertz CT molecular complexity index is 566. The molecule has 0 bridgehead atoms. The fourth-order valence-electron chi connectivity index (χ4n) is 3.49. The molecule has 1 aromatic rings. The van der Waals surface area contributed by atoms with E-state index in [0.29, 0.717) is 6.54 Å². The highest BCUT2D eigenvalue weighted by Crippen LogP contribution is 2.14. The molecule has 146 valence electrons. The molecule has 0 aliphatic carbocycles. The van der Waals surface area contributed by atoms with Crippen molar-refractivity contribution >= 4 is 5.96 Å². The average molecular weight is 364 g/mol. The summed E-state index contributed by atoms with van der Waals surface area (Å²) in [6, 6.07) is 0. The Balaban J connectivity index is 1.46. The van der Waals surface area contributed by atoms with Crippen LogP contribution in [0.4, 0.5) is 0 Å². The Morgan fingerprint density at radius 1 is 1.12 bits per heavy atom. The zero-order valence-electron chi connectivity index (χ0n) is 16.0. The van der Waals surface area contributed by atoms with Crippen LogP contribution in [0.5, 0.6) is 0 Å². The van der Waals surface area contributed by atoms with E-state index >= 15 is 0 Å². The van der Waals surface area contributed by atoms with E-state index in [1.165, 1.54) is 19.3 Å².